The Balaban J connectivity index is 2.28. The predicted molar refractivity (Wildman–Crippen MR) is 77.8 cm³/mol. The van der Waals surface area contributed by atoms with Crippen LogP contribution in [-0.2, 0) is 0 Å². The molecule has 9 heteroatoms. The highest BCUT2D eigenvalue weighted by Gasteiger charge is 2.43. The van der Waals surface area contributed by atoms with E-state index in [1.54, 1.807) is 0 Å². The minimum Gasteiger partial charge on any atom is -0.290 e. The summed E-state index contributed by atoms with van der Waals surface area (Å²) in [5, 5.41) is 2.56. The maximum atomic E-state index is 12.9. The first-order valence-corrected chi connectivity index (χ1v) is 6.67. The number of aromatic amines is 1. The monoisotopic (exact) mass is 334 g/mol. The Morgan fingerprint density at radius 3 is 2.08 bits per heavy atom. The fourth-order valence-corrected chi connectivity index (χ4v) is 2.19. The van der Waals surface area contributed by atoms with Gasteiger partial charge in [-0.3, -0.25) is 24.7 Å². The number of halogens is 3. The summed E-state index contributed by atoms with van der Waals surface area (Å²) in [7, 11) is 0. The molecular formula is C15H9F3N4O2. The number of hydrogen-bond acceptors (Lipinski definition) is 4. The molecule has 0 fully saturated rings. The molecule has 0 spiro atoms. The molecule has 0 saturated heterocycles. The van der Waals surface area contributed by atoms with Crippen LogP contribution in [0.2, 0.25) is 0 Å². The molecule has 0 amide bonds. The maximum Gasteiger partial charge on any atom is 0.455 e. The van der Waals surface area contributed by atoms with Crippen molar-refractivity contribution in [2.24, 2.45) is 0 Å². The number of alkyl halides is 3. The number of nitrogens with one attached hydrogen (secondary N) is 1. The van der Waals surface area contributed by atoms with Gasteiger partial charge in [0.15, 0.2) is 0 Å². The molecule has 122 valence electrons. The van der Waals surface area contributed by atoms with Crippen molar-refractivity contribution in [3.8, 4) is 16.9 Å². The van der Waals surface area contributed by atoms with Crippen LogP contribution in [0.25, 0.3) is 16.9 Å². The lowest BCUT2D eigenvalue weighted by Crippen LogP contribution is -2.29. The van der Waals surface area contributed by atoms with Crippen molar-refractivity contribution in [3.05, 3.63) is 65.0 Å². The summed E-state index contributed by atoms with van der Waals surface area (Å²) in [4.78, 5) is 31.7. The van der Waals surface area contributed by atoms with Crippen molar-refractivity contribution in [1.82, 2.24) is 19.7 Å². The number of pyridine rings is 2. The fraction of sp³-hybridized carbons (Fsp3) is 0.0667. The van der Waals surface area contributed by atoms with Crippen LogP contribution in [0.15, 0.2) is 53.8 Å². The van der Waals surface area contributed by atoms with Gasteiger partial charge >= 0.3 is 6.18 Å². The minimum atomic E-state index is -5.17. The van der Waals surface area contributed by atoms with Gasteiger partial charge in [-0.2, -0.15) is 13.2 Å². The van der Waals surface area contributed by atoms with Crippen LogP contribution in [0.4, 0.5) is 13.2 Å². The molecular weight excluding hydrogens is 325 g/mol. The highest BCUT2D eigenvalue weighted by Crippen LogP contribution is 2.27. The Labute approximate surface area is 132 Å². The van der Waals surface area contributed by atoms with Gasteiger partial charge in [0.1, 0.15) is 5.56 Å². The Morgan fingerprint density at radius 1 is 1.00 bits per heavy atom. The molecule has 0 aliphatic heterocycles. The topological polar surface area (TPSA) is 80.6 Å². The van der Waals surface area contributed by atoms with Crippen molar-refractivity contribution >= 4 is 5.78 Å². The maximum absolute atomic E-state index is 12.9. The Hall–Kier alpha value is -3.23. The van der Waals surface area contributed by atoms with Gasteiger partial charge in [0.25, 0.3) is 11.3 Å². The zero-order chi connectivity index (χ0) is 17.3. The number of ketones is 1. The normalized spacial score (nSPS) is 11.5. The second-order valence-electron chi connectivity index (χ2n) is 4.77. The lowest BCUT2D eigenvalue weighted by atomic mass is 10.1. The third-order valence-electron chi connectivity index (χ3n) is 3.27. The average Bonchev–Trinajstić information content (AvgIpc) is 2.92. The smallest absolute Gasteiger partial charge is 0.290 e. The van der Waals surface area contributed by atoms with E-state index in [9.17, 15) is 22.8 Å². The summed E-state index contributed by atoms with van der Waals surface area (Å²) < 4.78 is 39.5. The Kier molecular flexibility index (Phi) is 3.76. The van der Waals surface area contributed by atoms with Crippen LogP contribution in [-0.4, -0.2) is 31.7 Å². The van der Waals surface area contributed by atoms with E-state index < -0.39 is 23.1 Å². The van der Waals surface area contributed by atoms with E-state index in [0.717, 1.165) is 4.68 Å². The quantitative estimate of drug-likeness (QED) is 0.746. The lowest BCUT2D eigenvalue weighted by molar-refractivity contribution is -0.0885. The minimum absolute atomic E-state index is 0.221. The number of nitrogens with zero attached hydrogens (tertiary/aromatic N) is 3. The van der Waals surface area contributed by atoms with Gasteiger partial charge < -0.3 is 0 Å². The van der Waals surface area contributed by atoms with Crippen LogP contribution >= 0.6 is 0 Å². The molecule has 3 heterocycles. The van der Waals surface area contributed by atoms with Gasteiger partial charge in [-0.15, -0.1) is 0 Å². The van der Waals surface area contributed by atoms with Crippen molar-refractivity contribution in [2.45, 2.75) is 6.18 Å². The summed E-state index contributed by atoms with van der Waals surface area (Å²) in [6.45, 7) is 0. The first-order valence-electron chi connectivity index (χ1n) is 6.67. The Morgan fingerprint density at radius 2 is 1.54 bits per heavy atom. The second kappa shape index (κ2) is 5.76. The van der Waals surface area contributed by atoms with Gasteiger partial charge in [0.05, 0.1) is 11.4 Å². The van der Waals surface area contributed by atoms with Crippen LogP contribution in [0.3, 0.4) is 0 Å². The number of hydrogen-bond donors (Lipinski definition) is 1. The van der Waals surface area contributed by atoms with Gasteiger partial charge in [-0.25, -0.2) is 4.68 Å². The number of Topliss-reactive ketones (excluding diaryl/α,β-unsaturated/α-hetero) is 1. The number of aromatic nitrogens is 4. The van der Waals surface area contributed by atoms with Gasteiger partial charge in [0.2, 0.25) is 0 Å². The van der Waals surface area contributed by atoms with Crippen LogP contribution < -0.4 is 5.56 Å². The highest BCUT2D eigenvalue weighted by molar-refractivity contribution is 6.04. The molecule has 24 heavy (non-hydrogen) atoms. The standard InChI is InChI=1S/C15H9F3N4O2/c16-15(17,18)13(23)11-12(9-1-5-19-6-2-9)21-22(14(11)24)10-3-7-20-8-4-10/h1-8,21H. The second-order valence-corrected chi connectivity index (χ2v) is 4.77. The molecule has 3 rings (SSSR count). The molecule has 1 N–H and O–H groups in total. The van der Waals surface area contributed by atoms with E-state index in [1.165, 1.54) is 49.1 Å². The first-order chi connectivity index (χ1) is 11.4. The van der Waals surface area contributed by atoms with Crippen molar-refractivity contribution in [3.63, 3.8) is 0 Å². The van der Waals surface area contributed by atoms with Crippen molar-refractivity contribution in [2.75, 3.05) is 0 Å². The molecule has 6 nitrogen and oxygen atoms in total. The van der Waals surface area contributed by atoms with E-state index in [4.69, 9.17) is 0 Å². The van der Waals surface area contributed by atoms with Crippen LogP contribution in [0.1, 0.15) is 10.4 Å². The fourth-order valence-electron chi connectivity index (χ4n) is 2.19. The molecule has 0 saturated carbocycles. The molecule has 0 unspecified atom stereocenters. The van der Waals surface area contributed by atoms with Gasteiger partial charge in [0, 0.05) is 30.4 Å². The summed E-state index contributed by atoms with van der Waals surface area (Å²) in [6.07, 6.45) is 0.275. The number of rotatable bonds is 3. The van der Waals surface area contributed by atoms with Crippen molar-refractivity contribution < 1.29 is 18.0 Å². The first kappa shape index (κ1) is 15.7. The van der Waals surface area contributed by atoms with E-state index in [0.29, 0.717) is 0 Å². The predicted octanol–water partition coefficient (Wildman–Crippen LogP) is 2.37. The van der Waals surface area contributed by atoms with E-state index in [2.05, 4.69) is 15.1 Å². The lowest BCUT2D eigenvalue weighted by Gasteiger charge is -2.04. The molecule has 0 aromatic carbocycles. The van der Waals surface area contributed by atoms with Gasteiger partial charge in [-0.1, -0.05) is 0 Å². The SMILES string of the molecule is O=C(c1c(-c2ccncc2)[nH]n(-c2ccncc2)c1=O)C(F)(F)F. The number of H-pyrrole nitrogens is 1. The summed E-state index contributed by atoms with van der Waals surface area (Å²) >= 11 is 0. The largest absolute Gasteiger partial charge is 0.455 e. The molecule has 3 aromatic heterocycles. The van der Waals surface area contributed by atoms with E-state index in [1.807, 2.05) is 0 Å². The average molecular weight is 334 g/mol. The van der Waals surface area contributed by atoms with E-state index >= 15 is 0 Å². The molecule has 0 bridgehead atoms. The number of carbonyl (C=O) groups excluding carboxylic acids is 1. The summed E-state index contributed by atoms with van der Waals surface area (Å²) in [5.41, 5.74) is -1.78. The zero-order valence-corrected chi connectivity index (χ0v) is 11.9. The van der Waals surface area contributed by atoms with Gasteiger partial charge in [-0.05, 0) is 24.3 Å². The van der Waals surface area contributed by atoms with Crippen molar-refractivity contribution in [1.29, 1.82) is 0 Å². The Bertz CT molecular complexity index is 931. The highest BCUT2D eigenvalue weighted by atomic mass is 19.4. The summed E-state index contributed by atoms with van der Waals surface area (Å²) in [5.74, 6) is -2.21. The summed E-state index contributed by atoms with van der Waals surface area (Å²) in [6, 6.07) is 5.65. The number of carbonyl (C=O) groups is 1. The zero-order valence-electron chi connectivity index (χ0n) is 11.9. The molecule has 0 radical (unpaired) electrons. The molecule has 3 aromatic rings. The van der Waals surface area contributed by atoms with Crippen LogP contribution in [0.5, 0.6) is 0 Å². The molecule has 0 aliphatic rings. The molecule has 0 aliphatic carbocycles. The third kappa shape index (κ3) is 2.71. The van der Waals surface area contributed by atoms with Crippen LogP contribution in [0, 0.1) is 0 Å². The molecule has 0 atom stereocenters. The third-order valence-corrected chi connectivity index (χ3v) is 3.27. The van der Waals surface area contributed by atoms with E-state index in [-0.39, 0.29) is 16.9 Å².